The fourth-order valence-electron chi connectivity index (χ4n) is 6.11. The van der Waals surface area contributed by atoms with E-state index < -0.39 is 70.7 Å². The molecule has 0 aliphatic carbocycles. The quantitative estimate of drug-likeness (QED) is 0.398. The number of pyridine rings is 1. The molecule has 1 spiro atoms. The lowest BCUT2D eigenvalue weighted by Crippen LogP contribution is -2.52. The second kappa shape index (κ2) is 11.4. The Balaban J connectivity index is 1.45. The molecular weight excluding hydrogens is 584 g/mol. The van der Waals surface area contributed by atoms with Crippen LogP contribution in [-0.2, 0) is 18.0 Å². The van der Waals surface area contributed by atoms with Crippen LogP contribution in [0.5, 0.6) is 5.75 Å². The number of nitrogens with one attached hydrogen (secondary N) is 1. The normalized spacial score (nSPS) is 22.2. The second-order valence-electron chi connectivity index (χ2n) is 11.2. The van der Waals surface area contributed by atoms with E-state index in [0.717, 1.165) is 0 Å². The van der Waals surface area contributed by atoms with E-state index in [-0.39, 0.29) is 42.8 Å². The summed E-state index contributed by atoms with van der Waals surface area (Å²) in [6.07, 6.45) is 2.26. The number of carbonyl (C=O) groups excluding carboxylic acids is 2. The first-order valence-corrected chi connectivity index (χ1v) is 14.1. The van der Waals surface area contributed by atoms with Gasteiger partial charge in [-0.05, 0) is 25.3 Å². The molecule has 2 amide bonds. The first-order chi connectivity index (χ1) is 21.1. The highest BCUT2D eigenvalue weighted by Crippen LogP contribution is 2.46. The van der Waals surface area contributed by atoms with E-state index in [1.807, 2.05) is 6.92 Å². The summed E-state index contributed by atoms with van der Waals surface area (Å²) in [7, 11) is 0. The van der Waals surface area contributed by atoms with Crippen LogP contribution in [-0.4, -0.2) is 51.9 Å². The third-order valence-electron chi connectivity index (χ3n) is 8.50. The highest BCUT2D eigenvalue weighted by molar-refractivity contribution is 5.99. The van der Waals surface area contributed by atoms with Gasteiger partial charge in [0, 0.05) is 49.4 Å². The number of benzene rings is 2. The predicted octanol–water partition coefficient (Wildman–Crippen LogP) is 4.44. The monoisotopic (exact) mass is 612 g/mol. The van der Waals surface area contributed by atoms with Crippen LogP contribution in [0.4, 0.5) is 17.6 Å². The maximum Gasteiger partial charge on any atom is 0.274 e. The average molecular weight is 613 g/mol. The first kappa shape index (κ1) is 29.4. The molecule has 44 heavy (non-hydrogen) atoms. The maximum atomic E-state index is 14.3. The summed E-state index contributed by atoms with van der Waals surface area (Å²) in [4.78, 5) is 48.7. The van der Waals surface area contributed by atoms with Gasteiger partial charge >= 0.3 is 0 Å². The number of rotatable bonds is 7. The zero-order valence-electron chi connectivity index (χ0n) is 23.6. The molecule has 3 atom stereocenters. The number of amides is 2. The number of hydrogen-bond donors (Lipinski definition) is 1. The Bertz CT molecular complexity index is 1710. The second-order valence-corrected chi connectivity index (χ2v) is 11.2. The first-order valence-electron chi connectivity index (χ1n) is 14.1. The topological polar surface area (TPSA) is 102 Å². The third kappa shape index (κ3) is 5.09. The van der Waals surface area contributed by atoms with E-state index >= 15 is 0 Å². The molecule has 1 fully saturated rings. The van der Waals surface area contributed by atoms with Crippen molar-refractivity contribution in [2.45, 2.75) is 57.0 Å². The number of carbonyl (C=O) groups is 2. The van der Waals surface area contributed by atoms with Crippen LogP contribution in [0.2, 0.25) is 0 Å². The largest absolute Gasteiger partial charge is 0.483 e. The Morgan fingerprint density at radius 2 is 1.89 bits per heavy atom. The number of ether oxygens (including phenoxy) is 1. The summed E-state index contributed by atoms with van der Waals surface area (Å²) in [6, 6.07) is 8.89. The van der Waals surface area contributed by atoms with Gasteiger partial charge in [-0.1, -0.05) is 35.5 Å². The van der Waals surface area contributed by atoms with Gasteiger partial charge in [0.15, 0.2) is 17.0 Å². The molecule has 1 saturated heterocycles. The number of oxime groups is 1. The number of fused-ring (bicyclic) bond motifs is 5. The number of hydrogen-bond acceptors (Lipinski definition) is 6. The van der Waals surface area contributed by atoms with Crippen molar-refractivity contribution >= 4 is 17.5 Å². The molecular formula is C31H28F4N4O5. The van der Waals surface area contributed by atoms with Crippen LogP contribution >= 0.6 is 0 Å². The SMILES string of the molecule is C[C@H]1CC[C@]2(CC(CF)=NO2)[C@H]2CN1C(=O)c1c(OCc3ccccc3)c(=O)c(C(=O)NCc3c(F)cc(F)cc3F)cn12. The van der Waals surface area contributed by atoms with Gasteiger partial charge < -0.3 is 24.4 Å². The lowest BCUT2D eigenvalue weighted by atomic mass is 9.84. The Hall–Kier alpha value is -4.68. The maximum absolute atomic E-state index is 14.3. The summed E-state index contributed by atoms with van der Waals surface area (Å²) in [5.41, 5.74) is -2.25. The molecule has 1 N–H and O–H groups in total. The molecule has 4 heterocycles. The van der Waals surface area contributed by atoms with E-state index in [4.69, 9.17) is 9.57 Å². The van der Waals surface area contributed by atoms with Gasteiger partial charge in [-0.2, -0.15) is 0 Å². The highest BCUT2D eigenvalue weighted by atomic mass is 19.1. The predicted molar refractivity (Wildman–Crippen MR) is 150 cm³/mol. The summed E-state index contributed by atoms with van der Waals surface area (Å²) in [6.45, 7) is 0.389. The number of nitrogens with zero attached hydrogens (tertiary/aromatic N) is 3. The lowest BCUT2D eigenvalue weighted by molar-refractivity contribution is -0.0656. The van der Waals surface area contributed by atoms with Gasteiger partial charge in [-0.3, -0.25) is 14.4 Å². The number of aromatic nitrogens is 1. The molecule has 3 aromatic rings. The fourth-order valence-corrected chi connectivity index (χ4v) is 6.11. The Labute approximate surface area is 249 Å². The number of alkyl halides is 1. The summed E-state index contributed by atoms with van der Waals surface area (Å²) in [5.74, 6) is -5.41. The molecule has 230 valence electrons. The molecule has 6 rings (SSSR count). The molecule has 2 bridgehead atoms. The molecule has 0 radical (unpaired) electrons. The third-order valence-corrected chi connectivity index (χ3v) is 8.50. The highest BCUT2D eigenvalue weighted by Gasteiger charge is 2.54. The van der Waals surface area contributed by atoms with Crippen LogP contribution in [0.3, 0.4) is 0 Å². The Morgan fingerprint density at radius 3 is 2.57 bits per heavy atom. The van der Waals surface area contributed by atoms with Gasteiger partial charge in [-0.25, -0.2) is 17.6 Å². The van der Waals surface area contributed by atoms with Crippen LogP contribution in [0, 0.1) is 17.5 Å². The smallest absolute Gasteiger partial charge is 0.274 e. The van der Waals surface area contributed by atoms with Crippen LogP contribution in [0.1, 0.15) is 64.2 Å². The molecule has 3 aliphatic rings. The van der Waals surface area contributed by atoms with Gasteiger partial charge in [0.1, 0.15) is 36.3 Å². The van der Waals surface area contributed by atoms with Crippen molar-refractivity contribution in [1.29, 1.82) is 0 Å². The van der Waals surface area contributed by atoms with E-state index in [1.165, 1.54) is 10.8 Å². The molecule has 1 aromatic heterocycles. The van der Waals surface area contributed by atoms with Crippen LogP contribution < -0.4 is 15.5 Å². The minimum absolute atomic E-state index is 0.0974. The van der Waals surface area contributed by atoms with Gasteiger partial charge in [-0.15, -0.1) is 0 Å². The Kier molecular flexibility index (Phi) is 7.64. The van der Waals surface area contributed by atoms with Crippen molar-refractivity contribution in [2.24, 2.45) is 5.16 Å². The lowest BCUT2D eigenvalue weighted by Gasteiger charge is -2.42. The van der Waals surface area contributed by atoms with E-state index in [9.17, 15) is 31.9 Å². The van der Waals surface area contributed by atoms with Crippen molar-refractivity contribution in [3.05, 3.63) is 98.7 Å². The van der Waals surface area contributed by atoms with E-state index in [0.29, 0.717) is 30.5 Å². The van der Waals surface area contributed by atoms with Crippen molar-refractivity contribution < 1.29 is 36.7 Å². The van der Waals surface area contributed by atoms with E-state index in [1.54, 1.807) is 35.2 Å². The molecule has 0 unspecified atom stereocenters. The van der Waals surface area contributed by atoms with Crippen LogP contribution in [0.25, 0.3) is 0 Å². The van der Waals surface area contributed by atoms with Crippen molar-refractivity contribution in [3.8, 4) is 5.75 Å². The number of halogens is 4. The van der Waals surface area contributed by atoms with Crippen molar-refractivity contribution in [1.82, 2.24) is 14.8 Å². The molecule has 2 aromatic carbocycles. The van der Waals surface area contributed by atoms with Crippen molar-refractivity contribution in [2.75, 3.05) is 13.2 Å². The van der Waals surface area contributed by atoms with Gasteiger partial charge in [0.05, 0.1) is 11.8 Å². The summed E-state index contributed by atoms with van der Waals surface area (Å²) < 4.78 is 63.0. The zero-order chi connectivity index (χ0) is 31.2. The standard InChI is InChI=1S/C31H28F4N4O5/c1-17-7-8-31(11-20(12-32)37-44-31)25-15-38(17)30(42)26-28(43-16-18-5-3-2-4-6-18)27(40)22(14-39(25)26)29(41)36-13-21-23(34)9-19(33)10-24(21)35/h2-6,9-10,14,17,25H,7-8,11-13,15-16H2,1H3,(H,36,41)/t17-,25+,31-/m0/s1. The molecule has 13 heteroatoms. The summed E-state index contributed by atoms with van der Waals surface area (Å²) in [5, 5.41) is 6.27. The molecule has 3 aliphatic heterocycles. The van der Waals surface area contributed by atoms with E-state index in [2.05, 4.69) is 10.5 Å². The van der Waals surface area contributed by atoms with Crippen molar-refractivity contribution in [3.63, 3.8) is 0 Å². The summed E-state index contributed by atoms with van der Waals surface area (Å²) >= 11 is 0. The molecule has 0 saturated carbocycles. The van der Waals surface area contributed by atoms with Gasteiger partial charge in [0.2, 0.25) is 5.43 Å². The van der Waals surface area contributed by atoms with Crippen LogP contribution in [0.15, 0.2) is 58.6 Å². The minimum atomic E-state index is -1.21. The average Bonchev–Trinajstić information content (AvgIpc) is 3.38. The Morgan fingerprint density at radius 1 is 1.16 bits per heavy atom. The van der Waals surface area contributed by atoms with Gasteiger partial charge in [0.25, 0.3) is 11.8 Å². The minimum Gasteiger partial charge on any atom is -0.483 e. The zero-order valence-corrected chi connectivity index (χ0v) is 23.6. The fraction of sp³-hybridized carbons (Fsp3) is 0.355. The molecule has 9 nitrogen and oxygen atoms in total.